The Morgan fingerprint density at radius 2 is 1.94 bits per heavy atom. The van der Waals surface area contributed by atoms with Gasteiger partial charge in [-0.05, 0) is 48.6 Å². The zero-order valence-electron chi connectivity index (χ0n) is 10.0. The van der Waals surface area contributed by atoms with Crippen molar-refractivity contribution < 1.29 is 9.63 Å². The summed E-state index contributed by atoms with van der Waals surface area (Å²) in [4.78, 5) is 16.3. The van der Waals surface area contributed by atoms with Crippen molar-refractivity contribution in [1.29, 1.82) is 0 Å². The van der Waals surface area contributed by atoms with E-state index < -0.39 is 0 Å². The molecule has 0 aromatic heterocycles. The van der Waals surface area contributed by atoms with Crippen LogP contribution in [0, 0.1) is 0 Å². The van der Waals surface area contributed by atoms with Gasteiger partial charge in [0.25, 0.3) is 5.91 Å². The number of rotatable bonds is 4. The van der Waals surface area contributed by atoms with Crippen LogP contribution in [0.25, 0.3) is 0 Å². The molecule has 0 aliphatic heterocycles. The summed E-state index contributed by atoms with van der Waals surface area (Å²) in [5.41, 5.74) is 4.63. The number of nitrogens with one attached hydrogen (secondary N) is 2. The SMILES string of the molecule is CONC(=O)c1ccccc1N/C(C)=C(/C)I. The Morgan fingerprint density at radius 3 is 2.53 bits per heavy atom. The summed E-state index contributed by atoms with van der Waals surface area (Å²) in [5.74, 6) is -0.269. The molecule has 4 nitrogen and oxygen atoms in total. The van der Waals surface area contributed by atoms with Gasteiger partial charge < -0.3 is 5.32 Å². The number of hydroxylamine groups is 1. The largest absolute Gasteiger partial charge is 0.358 e. The van der Waals surface area contributed by atoms with Crippen molar-refractivity contribution in [2.24, 2.45) is 0 Å². The van der Waals surface area contributed by atoms with Crippen LogP contribution in [0.15, 0.2) is 33.5 Å². The molecule has 0 bridgehead atoms. The Bertz CT molecular complexity index is 440. The van der Waals surface area contributed by atoms with E-state index in [0.717, 1.165) is 15.0 Å². The Hall–Kier alpha value is -1.08. The number of anilines is 1. The minimum Gasteiger partial charge on any atom is -0.358 e. The van der Waals surface area contributed by atoms with Crippen molar-refractivity contribution in [3.8, 4) is 0 Å². The first-order valence-electron chi connectivity index (χ1n) is 5.08. The van der Waals surface area contributed by atoms with Crippen LogP contribution in [0.5, 0.6) is 0 Å². The average molecular weight is 346 g/mol. The Kier molecular flexibility index (Phi) is 5.43. The fraction of sp³-hybridized carbons (Fsp3) is 0.250. The number of hydrogen-bond acceptors (Lipinski definition) is 3. The topological polar surface area (TPSA) is 50.4 Å². The van der Waals surface area contributed by atoms with E-state index in [9.17, 15) is 4.79 Å². The number of benzene rings is 1. The average Bonchev–Trinajstić information content (AvgIpc) is 2.29. The van der Waals surface area contributed by atoms with E-state index in [0.29, 0.717) is 5.56 Å². The van der Waals surface area contributed by atoms with Gasteiger partial charge in [-0.2, -0.15) is 0 Å². The summed E-state index contributed by atoms with van der Waals surface area (Å²) in [5, 5.41) is 3.20. The maximum Gasteiger partial charge on any atom is 0.276 e. The molecule has 1 aromatic rings. The van der Waals surface area contributed by atoms with Gasteiger partial charge in [0.15, 0.2) is 0 Å². The molecule has 1 rings (SSSR count). The number of carbonyl (C=O) groups is 1. The van der Waals surface area contributed by atoms with E-state index in [1.807, 2.05) is 32.0 Å². The highest BCUT2D eigenvalue weighted by molar-refractivity contribution is 14.1. The highest BCUT2D eigenvalue weighted by atomic mass is 127. The third-order valence-corrected chi connectivity index (χ3v) is 3.01. The van der Waals surface area contributed by atoms with E-state index in [1.54, 1.807) is 6.07 Å². The molecule has 0 spiro atoms. The fourth-order valence-corrected chi connectivity index (χ4v) is 1.36. The third kappa shape index (κ3) is 4.01. The zero-order valence-corrected chi connectivity index (χ0v) is 12.2. The number of para-hydroxylation sites is 1. The van der Waals surface area contributed by atoms with Crippen LogP contribution < -0.4 is 10.8 Å². The predicted octanol–water partition coefficient (Wildman–Crippen LogP) is 3.08. The van der Waals surface area contributed by atoms with Crippen LogP contribution >= 0.6 is 22.6 Å². The van der Waals surface area contributed by atoms with Crippen LogP contribution in [-0.4, -0.2) is 13.0 Å². The molecule has 17 heavy (non-hydrogen) atoms. The second-order valence-corrected chi connectivity index (χ2v) is 5.08. The van der Waals surface area contributed by atoms with Crippen LogP contribution in [0.2, 0.25) is 0 Å². The van der Waals surface area contributed by atoms with Gasteiger partial charge in [-0.1, -0.05) is 12.1 Å². The number of allylic oxidation sites excluding steroid dienone is 2. The summed E-state index contributed by atoms with van der Waals surface area (Å²) in [6.45, 7) is 3.97. The lowest BCUT2D eigenvalue weighted by atomic mass is 10.1. The van der Waals surface area contributed by atoms with Crippen molar-refractivity contribution in [2.45, 2.75) is 13.8 Å². The Balaban J connectivity index is 3.00. The maximum absolute atomic E-state index is 11.7. The number of amides is 1. The number of hydrogen-bond donors (Lipinski definition) is 2. The Labute approximate surface area is 115 Å². The van der Waals surface area contributed by atoms with E-state index in [1.165, 1.54) is 7.11 Å². The molecular weight excluding hydrogens is 331 g/mol. The molecule has 0 saturated carbocycles. The molecule has 1 amide bonds. The van der Waals surface area contributed by atoms with Crippen molar-refractivity contribution in [1.82, 2.24) is 5.48 Å². The molecule has 0 heterocycles. The molecular formula is C12H15IN2O2. The first-order valence-corrected chi connectivity index (χ1v) is 6.16. The summed E-state index contributed by atoms with van der Waals surface area (Å²) in [6.07, 6.45) is 0. The predicted molar refractivity (Wildman–Crippen MR) is 76.9 cm³/mol. The lowest BCUT2D eigenvalue weighted by Gasteiger charge is -2.12. The van der Waals surface area contributed by atoms with Crippen LogP contribution in [0.1, 0.15) is 24.2 Å². The van der Waals surface area contributed by atoms with Crippen LogP contribution in [-0.2, 0) is 4.84 Å². The molecule has 1 aromatic carbocycles. The van der Waals surface area contributed by atoms with Crippen LogP contribution in [0.4, 0.5) is 5.69 Å². The first-order chi connectivity index (χ1) is 8.06. The van der Waals surface area contributed by atoms with E-state index in [4.69, 9.17) is 0 Å². The van der Waals surface area contributed by atoms with Gasteiger partial charge in [0, 0.05) is 9.28 Å². The normalized spacial score (nSPS) is 11.8. The second-order valence-electron chi connectivity index (χ2n) is 3.46. The van der Waals surface area contributed by atoms with Gasteiger partial charge in [0.05, 0.1) is 18.4 Å². The minimum absolute atomic E-state index is 0.269. The lowest BCUT2D eigenvalue weighted by Crippen LogP contribution is -2.22. The van der Waals surface area contributed by atoms with Gasteiger partial charge in [-0.15, -0.1) is 0 Å². The fourth-order valence-electron chi connectivity index (χ4n) is 1.23. The van der Waals surface area contributed by atoms with Crippen molar-refractivity contribution in [2.75, 3.05) is 12.4 Å². The van der Waals surface area contributed by atoms with Gasteiger partial charge in [-0.25, -0.2) is 5.48 Å². The molecule has 0 saturated heterocycles. The molecule has 0 radical (unpaired) electrons. The molecule has 92 valence electrons. The van der Waals surface area contributed by atoms with Gasteiger partial charge in [0.2, 0.25) is 0 Å². The lowest BCUT2D eigenvalue weighted by molar-refractivity contribution is 0.0538. The maximum atomic E-state index is 11.7. The standard InChI is InChI=1S/C12H15IN2O2/c1-8(13)9(2)14-11-7-5-4-6-10(11)12(16)15-17-3/h4-7,14H,1-3H3,(H,15,16)/b9-8-. The first kappa shape index (κ1) is 14.0. The zero-order chi connectivity index (χ0) is 12.8. The van der Waals surface area contributed by atoms with Gasteiger partial charge in [0.1, 0.15) is 0 Å². The van der Waals surface area contributed by atoms with E-state index in [-0.39, 0.29) is 5.91 Å². The summed E-state index contributed by atoms with van der Waals surface area (Å²) < 4.78 is 1.14. The van der Waals surface area contributed by atoms with Crippen molar-refractivity contribution >= 4 is 34.2 Å². The summed E-state index contributed by atoms with van der Waals surface area (Å²) in [6, 6.07) is 7.29. The van der Waals surface area contributed by atoms with E-state index in [2.05, 4.69) is 38.2 Å². The molecule has 0 fully saturated rings. The molecule has 0 atom stereocenters. The summed E-state index contributed by atoms with van der Waals surface area (Å²) in [7, 11) is 1.41. The number of halogens is 1. The highest BCUT2D eigenvalue weighted by Gasteiger charge is 2.10. The molecule has 5 heteroatoms. The smallest absolute Gasteiger partial charge is 0.276 e. The molecule has 0 aliphatic rings. The molecule has 2 N–H and O–H groups in total. The van der Waals surface area contributed by atoms with Gasteiger partial charge >= 0.3 is 0 Å². The quantitative estimate of drug-likeness (QED) is 0.651. The Morgan fingerprint density at radius 1 is 1.29 bits per heavy atom. The number of carbonyl (C=O) groups excluding carboxylic acids is 1. The third-order valence-electron chi connectivity index (χ3n) is 2.21. The van der Waals surface area contributed by atoms with Crippen LogP contribution in [0.3, 0.4) is 0 Å². The van der Waals surface area contributed by atoms with Crippen molar-refractivity contribution in [3.63, 3.8) is 0 Å². The second kappa shape index (κ2) is 6.61. The van der Waals surface area contributed by atoms with Crippen molar-refractivity contribution in [3.05, 3.63) is 39.1 Å². The molecule has 0 aliphatic carbocycles. The van der Waals surface area contributed by atoms with E-state index >= 15 is 0 Å². The molecule has 0 unspecified atom stereocenters. The minimum atomic E-state index is -0.269. The highest BCUT2D eigenvalue weighted by Crippen LogP contribution is 2.19. The monoisotopic (exact) mass is 346 g/mol. The van der Waals surface area contributed by atoms with Gasteiger partial charge in [-0.3, -0.25) is 9.63 Å². The summed E-state index contributed by atoms with van der Waals surface area (Å²) >= 11 is 2.23.